The second-order valence-electron chi connectivity index (χ2n) is 11.6. The number of nitrogens with zero attached hydrogens (tertiary/aromatic N) is 2. The van der Waals surface area contributed by atoms with E-state index in [0.717, 1.165) is 32.4 Å². The van der Waals surface area contributed by atoms with Crippen molar-refractivity contribution in [2.24, 2.45) is 23.7 Å². The van der Waals surface area contributed by atoms with Crippen LogP contribution in [-0.4, -0.2) is 77.5 Å². The Kier molecular flexibility index (Phi) is 8.09. The minimum atomic E-state index is -1.16. The Bertz CT molecular complexity index is 1140. The maximum atomic E-state index is 14.1. The van der Waals surface area contributed by atoms with Gasteiger partial charge in [0, 0.05) is 29.8 Å². The Morgan fingerprint density at radius 3 is 2.67 bits per heavy atom. The third-order valence-corrected chi connectivity index (χ3v) is 9.84. The Morgan fingerprint density at radius 1 is 1.18 bits per heavy atom. The zero-order valence-electron chi connectivity index (χ0n) is 23.4. The molecule has 4 aliphatic rings. The van der Waals surface area contributed by atoms with E-state index < -0.39 is 29.6 Å². The van der Waals surface area contributed by atoms with E-state index in [1.807, 2.05) is 12.2 Å². The predicted molar refractivity (Wildman–Crippen MR) is 151 cm³/mol. The maximum Gasteiger partial charge on any atom is 0.246 e. The number of hydrogen-bond acceptors (Lipinski definition) is 5. The van der Waals surface area contributed by atoms with Crippen molar-refractivity contribution in [2.75, 3.05) is 31.5 Å². The van der Waals surface area contributed by atoms with Gasteiger partial charge in [-0.15, -0.1) is 0 Å². The summed E-state index contributed by atoms with van der Waals surface area (Å²) in [5.74, 6) is -1.29. The first-order chi connectivity index (χ1) is 18.7. The predicted octanol–water partition coefficient (Wildman–Crippen LogP) is 3.71. The number of fused-ring (bicyclic) bond motifs is 1. The van der Waals surface area contributed by atoms with E-state index in [9.17, 15) is 14.4 Å². The molecule has 1 aromatic carbocycles. The van der Waals surface area contributed by atoms with Crippen molar-refractivity contribution in [3.8, 4) is 0 Å². The van der Waals surface area contributed by atoms with Gasteiger partial charge in [-0.1, -0.05) is 70.4 Å². The van der Waals surface area contributed by atoms with Crippen molar-refractivity contribution >= 4 is 35.0 Å². The molecule has 2 bridgehead atoms. The van der Waals surface area contributed by atoms with Crippen LogP contribution < -0.4 is 10.6 Å². The van der Waals surface area contributed by atoms with E-state index in [0.29, 0.717) is 35.6 Å². The fourth-order valence-electron chi connectivity index (χ4n) is 7.14. The molecule has 1 aromatic rings. The van der Waals surface area contributed by atoms with Crippen LogP contribution in [-0.2, 0) is 19.1 Å². The van der Waals surface area contributed by atoms with Gasteiger partial charge >= 0.3 is 0 Å². The number of rotatable bonds is 9. The summed E-state index contributed by atoms with van der Waals surface area (Å²) < 4.78 is 6.48. The van der Waals surface area contributed by atoms with Crippen molar-refractivity contribution in [3.63, 3.8) is 0 Å². The zero-order valence-corrected chi connectivity index (χ0v) is 24.1. The Hall–Kier alpha value is -2.42. The minimum Gasteiger partial charge on any atom is -0.359 e. The number of carbonyl (C=O) groups excluding carboxylic acids is 3. The maximum absolute atomic E-state index is 14.1. The molecule has 212 valence electrons. The van der Waals surface area contributed by atoms with Gasteiger partial charge in [0.1, 0.15) is 11.6 Å². The normalized spacial score (nSPS) is 35.0. The smallest absolute Gasteiger partial charge is 0.246 e. The molecule has 39 heavy (non-hydrogen) atoms. The van der Waals surface area contributed by atoms with E-state index in [2.05, 4.69) is 43.2 Å². The molecular weight excluding hydrogens is 516 g/mol. The summed E-state index contributed by atoms with van der Waals surface area (Å²) in [4.78, 5) is 45.7. The molecule has 0 radical (unpaired) electrons. The van der Waals surface area contributed by atoms with E-state index in [1.165, 1.54) is 0 Å². The van der Waals surface area contributed by atoms with E-state index >= 15 is 0 Å². The van der Waals surface area contributed by atoms with Crippen LogP contribution in [0.5, 0.6) is 0 Å². The highest BCUT2D eigenvalue weighted by molar-refractivity contribution is 6.30. The van der Waals surface area contributed by atoms with E-state index in [-0.39, 0.29) is 23.8 Å². The second-order valence-corrected chi connectivity index (χ2v) is 12.1. The van der Waals surface area contributed by atoms with Crippen LogP contribution in [0.3, 0.4) is 0 Å². The number of ether oxygens (including phenoxy) is 1. The molecule has 1 spiro atoms. The molecule has 9 heteroatoms. The molecule has 3 heterocycles. The average Bonchev–Trinajstić information content (AvgIpc) is 3.55. The van der Waals surface area contributed by atoms with Crippen molar-refractivity contribution in [1.29, 1.82) is 0 Å². The highest BCUT2D eigenvalue weighted by Crippen LogP contribution is 2.55. The van der Waals surface area contributed by atoms with Crippen LogP contribution >= 0.6 is 11.6 Å². The lowest BCUT2D eigenvalue weighted by molar-refractivity contribution is -0.141. The first-order valence-corrected chi connectivity index (χ1v) is 14.8. The van der Waals surface area contributed by atoms with E-state index in [1.54, 1.807) is 29.2 Å². The van der Waals surface area contributed by atoms with Gasteiger partial charge in [-0.25, -0.2) is 0 Å². The molecule has 1 aliphatic carbocycles. The molecule has 2 N–H and O–H groups in total. The van der Waals surface area contributed by atoms with Crippen LogP contribution in [0.1, 0.15) is 47.0 Å². The standard InChI is InChI=1S/C30H41ClN4O4/c1-5-34(6-2)15-16-35-26(28(37)33-22-12-7-9-18(3)19(22)4)30-14-13-23(39-30)24(25(30)29(35)38)27(36)32-21-11-8-10-20(31)17-21/h8,10-11,13-14,17-19,22-26H,5-7,9,12,15-16H2,1-4H3,(H,32,36)(H,33,37). The van der Waals surface area contributed by atoms with Crippen molar-refractivity contribution in [3.05, 3.63) is 41.4 Å². The van der Waals surface area contributed by atoms with E-state index in [4.69, 9.17) is 16.3 Å². The number of benzene rings is 1. The lowest BCUT2D eigenvalue weighted by Crippen LogP contribution is -2.58. The molecule has 8 unspecified atom stereocenters. The van der Waals surface area contributed by atoms with Gasteiger partial charge < -0.3 is 25.2 Å². The van der Waals surface area contributed by atoms with Gasteiger partial charge in [0.25, 0.3) is 0 Å². The SMILES string of the molecule is CCN(CC)CCN1C(=O)C2C(C(=O)Nc3cccc(Cl)c3)C3C=CC2(O3)C1C(=O)NC1CCCC(C)C1C. The number of anilines is 1. The van der Waals surface area contributed by atoms with Crippen LogP contribution in [0.15, 0.2) is 36.4 Å². The molecule has 2 saturated heterocycles. The molecule has 0 aromatic heterocycles. The van der Waals surface area contributed by atoms with Gasteiger partial charge in [-0.05, 0) is 49.5 Å². The van der Waals surface area contributed by atoms with Gasteiger partial charge in [-0.3, -0.25) is 14.4 Å². The Morgan fingerprint density at radius 2 is 1.95 bits per heavy atom. The third kappa shape index (κ3) is 5.00. The molecule has 3 fully saturated rings. The summed E-state index contributed by atoms with van der Waals surface area (Å²) in [7, 11) is 0. The summed E-state index contributed by atoms with van der Waals surface area (Å²) in [5, 5.41) is 6.75. The van der Waals surface area contributed by atoms with Crippen molar-refractivity contribution < 1.29 is 19.1 Å². The Balaban J connectivity index is 1.43. The topological polar surface area (TPSA) is 91.0 Å². The first-order valence-electron chi connectivity index (χ1n) is 14.5. The van der Waals surface area contributed by atoms with Crippen LogP contribution in [0.2, 0.25) is 5.02 Å². The number of likely N-dealkylation sites (tertiary alicyclic amines) is 1. The fraction of sp³-hybridized carbons (Fsp3) is 0.633. The summed E-state index contributed by atoms with van der Waals surface area (Å²) in [6.07, 6.45) is 6.33. The second kappa shape index (κ2) is 11.2. The zero-order chi connectivity index (χ0) is 27.9. The summed E-state index contributed by atoms with van der Waals surface area (Å²) in [5.41, 5.74) is -0.596. The van der Waals surface area contributed by atoms with Crippen LogP contribution in [0, 0.1) is 23.7 Å². The number of likely N-dealkylation sites (N-methyl/N-ethyl adjacent to an activating group) is 1. The van der Waals surface area contributed by atoms with Gasteiger partial charge in [0.05, 0.1) is 17.9 Å². The van der Waals surface area contributed by atoms with Crippen LogP contribution in [0.25, 0.3) is 0 Å². The van der Waals surface area contributed by atoms with Gasteiger partial charge in [0.15, 0.2) is 0 Å². The summed E-state index contributed by atoms with van der Waals surface area (Å²) >= 11 is 6.12. The summed E-state index contributed by atoms with van der Waals surface area (Å²) in [6, 6.07) is 6.18. The monoisotopic (exact) mass is 556 g/mol. The van der Waals surface area contributed by atoms with Crippen LogP contribution in [0.4, 0.5) is 5.69 Å². The molecule has 8 nitrogen and oxygen atoms in total. The molecule has 3 aliphatic heterocycles. The number of halogens is 1. The quantitative estimate of drug-likeness (QED) is 0.453. The highest BCUT2D eigenvalue weighted by Gasteiger charge is 2.72. The van der Waals surface area contributed by atoms with Gasteiger partial charge in [0.2, 0.25) is 17.7 Å². The van der Waals surface area contributed by atoms with Crippen molar-refractivity contribution in [1.82, 2.24) is 15.1 Å². The molecule has 1 saturated carbocycles. The minimum absolute atomic E-state index is 0.0564. The first kappa shape index (κ1) is 28.1. The molecular formula is C30H41ClN4O4. The third-order valence-electron chi connectivity index (χ3n) is 9.60. The number of carbonyl (C=O) groups is 3. The van der Waals surface area contributed by atoms with Gasteiger partial charge in [-0.2, -0.15) is 0 Å². The summed E-state index contributed by atoms with van der Waals surface area (Å²) in [6.45, 7) is 11.4. The number of amides is 3. The highest BCUT2D eigenvalue weighted by atomic mass is 35.5. The molecule has 8 atom stereocenters. The van der Waals surface area contributed by atoms with Crippen molar-refractivity contribution in [2.45, 2.75) is 70.7 Å². The largest absolute Gasteiger partial charge is 0.359 e. The molecule has 3 amide bonds. The lowest BCUT2D eigenvalue weighted by Gasteiger charge is -2.38. The fourth-order valence-corrected chi connectivity index (χ4v) is 7.33. The number of hydrogen-bond donors (Lipinski definition) is 2. The number of nitrogens with one attached hydrogen (secondary N) is 2. The molecule has 5 rings (SSSR count). The lowest BCUT2D eigenvalue weighted by atomic mass is 9.73. The Labute approximate surface area is 236 Å². The average molecular weight is 557 g/mol.